The van der Waals surface area contributed by atoms with Crippen LogP contribution < -0.4 is 5.73 Å². The van der Waals surface area contributed by atoms with Gasteiger partial charge in [0.25, 0.3) is 5.91 Å². The summed E-state index contributed by atoms with van der Waals surface area (Å²) in [6.07, 6.45) is 0.818. The second-order valence-corrected chi connectivity index (χ2v) is 4.98. The van der Waals surface area contributed by atoms with Crippen molar-refractivity contribution >= 4 is 30.7 Å². The Labute approximate surface area is 149 Å². The fourth-order valence-electron chi connectivity index (χ4n) is 2.20. The molecule has 6 heteroatoms. The van der Waals surface area contributed by atoms with Gasteiger partial charge in [-0.1, -0.05) is 36.4 Å². The first-order valence-electron chi connectivity index (χ1n) is 7.17. The van der Waals surface area contributed by atoms with Crippen LogP contribution in [0.5, 0.6) is 0 Å². The molecule has 2 aromatic rings. The van der Waals surface area contributed by atoms with Crippen molar-refractivity contribution < 1.29 is 4.79 Å². The topological polar surface area (TPSA) is 59.2 Å². The van der Waals surface area contributed by atoms with Gasteiger partial charge in [-0.3, -0.25) is 4.79 Å². The Kier molecular flexibility index (Phi) is 10.2. The molecule has 0 spiro atoms. The van der Waals surface area contributed by atoms with E-state index in [4.69, 9.17) is 5.73 Å². The summed E-state index contributed by atoms with van der Waals surface area (Å²) in [5, 5.41) is 0. The quantitative estimate of drug-likeness (QED) is 0.866. The van der Waals surface area contributed by atoms with Gasteiger partial charge in [0.05, 0.1) is 0 Å². The number of halogens is 2. The second-order valence-electron chi connectivity index (χ2n) is 4.98. The van der Waals surface area contributed by atoms with Crippen LogP contribution in [0.2, 0.25) is 0 Å². The molecule has 0 aliphatic heterocycles. The SMILES string of the molecule is Cc1cccc(C(=O)N(CCN)CCc2ccccc2)n1.Cl.Cl. The van der Waals surface area contributed by atoms with Crippen LogP contribution in [0.1, 0.15) is 21.7 Å². The number of rotatable bonds is 6. The number of benzene rings is 1. The van der Waals surface area contributed by atoms with Crippen LogP contribution in [0, 0.1) is 6.92 Å². The number of hydrogen-bond donors (Lipinski definition) is 1. The van der Waals surface area contributed by atoms with E-state index in [-0.39, 0.29) is 30.7 Å². The van der Waals surface area contributed by atoms with Gasteiger partial charge < -0.3 is 10.6 Å². The molecule has 4 nitrogen and oxygen atoms in total. The van der Waals surface area contributed by atoms with Gasteiger partial charge in [-0.25, -0.2) is 4.98 Å². The first-order valence-corrected chi connectivity index (χ1v) is 7.17. The molecular formula is C17H23Cl2N3O. The van der Waals surface area contributed by atoms with Gasteiger partial charge >= 0.3 is 0 Å². The summed E-state index contributed by atoms with van der Waals surface area (Å²) < 4.78 is 0. The summed E-state index contributed by atoms with van der Waals surface area (Å²) in [7, 11) is 0. The zero-order valence-corrected chi connectivity index (χ0v) is 14.8. The number of nitrogens with zero attached hydrogens (tertiary/aromatic N) is 2. The predicted octanol–water partition coefficient (Wildman–Crippen LogP) is 2.88. The van der Waals surface area contributed by atoms with Crippen LogP contribution in [0.4, 0.5) is 0 Å². The van der Waals surface area contributed by atoms with Gasteiger partial charge in [0.1, 0.15) is 5.69 Å². The lowest BCUT2D eigenvalue weighted by Crippen LogP contribution is -2.37. The van der Waals surface area contributed by atoms with E-state index in [1.54, 1.807) is 11.0 Å². The van der Waals surface area contributed by atoms with Crippen molar-refractivity contribution in [1.29, 1.82) is 0 Å². The van der Waals surface area contributed by atoms with Crippen molar-refractivity contribution in [2.24, 2.45) is 5.73 Å². The minimum atomic E-state index is -0.0555. The van der Waals surface area contributed by atoms with Crippen molar-refractivity contribution in [1.82, 2.24) is 9.88 Å². The van der Waals surface area contributed by atoms with Crippen molar-refractivity contribution in [3.63, 3.8) is 0 Å². The highest BCUT2D eigenvalue weighted by atomic mass is 35.5. The fraction of sp³-hybridized carbons (Fsp3) is 0.294. The first-order chi connectivity index (χ1) is 10.2. The molecule has 1 aromatic carbocycles. The van der Waals surface area contributed by atoms with Crippen molar-refractivity contribution in [2.45, 2.75) is 13.3 Å². The molecule has 0 bridgehead atoms. The van der Waals surface area contributed by atoms with Gasteiger partial charge in [-0.15, -0.1) is 24.8 Å². The third-order valence-corrected chi connectivity index (χ3v) is 3.31. The summed E-state index contributed by atoms with van der Waals surface area (Å²) in [6, 6.07) is 15.6. The largest absolute Gasteiger partial charge is 0.336 e. The minimum absolute atomic E-state index is 0. The Morgan fingerprint density at radius 3 is 2.35 bits per heavy atom. The van der Waals surface area contributed by atoms with Crippen LogP contribution >= 0.6 is 24.8 Å². The molecule has 1 amide bonds. The lowest BCUT2D eigenvalue weighted by Gasteiger charge is -2.21. The average molecular weight is 356 g/mol. The summed E-state index contributed by atoms with van der Waals surface area (Å²) in [6.45, 7) is 3.53. The fourth-order valence-corrected chi connectivity index (χ4v) is 2.20. The van der Waals surface area contributed by atoms with E-state index >= 15 is 0 Å². The molecule has 0 saturated carbocycles. The average Bonchev–Trinajstić information content (AvgIpc) is 2.52. The zero-order chi connectivity index (χ0) is 15.1. The first kappa shape index (κ1) is 21.4. The molecule has 126 valence electrons. The molecule has 2 rings (SSSR count). The number of aromatic nitrogens is 1. The van der Waals surface area contributed by atoms with Crippen LogP contribution in [0.25, 0.3) is 0 Å². The molecule has 0 unspecified atom stereocenters. The Hall–Kier alpha value is -1.62. The van der Waals surface area contributed by atoms with E-state index in [9.17, 15) is 4.79 Å². The number of pyridine rings is 1. The Balaban J connectivity index is 0.00000242. The highest BCUT2D eigenvalue weighted by molar-refractivity contribution is 5.92. The normalized spacial score (nSPS) is 9.48. The van der Waals surface area contributed by atoms with Gasteiger partial charge in [0.2, 0.25) is 0 Å². The number of amides is 1. The number of carbonyl (C=O) groups excluding carboxylic acids is 1. The van der Waals surface area contributed by atoms with E-state index in [0.29, 0.717) is 25.3 Å². The van der Waals surface area contributed by atoms with Crippen molar-refractivity contribution in [3.05, 3.63) is 65.5 Å². The van der Waals surface area contributed by atoms with Gasteiger partial charge in [-0.05, 0) is 31.0 Å². The summed E-state index contributed by atoms with van der Waals surface area (Å²) in [5.74, 6) is -0.0555. The summed E-state index contributed by atoms with van der Waals surface area (Å²) >= 11 is 0. The number of nitrogens with two attached hydrogens (primary N) is 1. The van der Waals surface area contributed by atoms with E-state index < -0.39 is 0 Å². The standard InChI is InChI=1S/C17H21N3O.2ClH/c1-14-6-5-9-16(19-14)17(21)20(13-11-18)12-10-15-7-3-2-4-8-15;;/h2-9H,10-13,18H2,1H3;2*1H. The zero-order valence-electron chi connectivity index (χ0n) is 13.1. The number of hydrogen-bond acceptors (Lipinski definition) is 3. The van der Waals surface area contributed by atoms with E-state index in [0.717, 1.165) is 12.1 Å². The second kappa shape index (κ2) is 11.0. The maximum absolute atomic E-state index is 12.5. The third-order valence-electron chi connectivity index (χ3n) is 3.31. The molecule has 0 radical (unpaired) electrons. The lowest BCUT2D eigenvalue weighted by atomic mass is 10.1. The van der Waals surface area contributed by atoms with Crippen LogP contribution in [-0.2, 0) is 6.42 Å². The summed E-state index contributed by atoms with van der Waals surface area (Å²) in [4.78, 5) is 18.6. The molecule has 0 aliphatic carbocycles. The Morgan fingerprint density at radius 1 is 1.04 bits per heavy atom. The minimum Gasteiger partial charge on any atom is -0.336 e. The molecule has 0 atom stereocenters. The van der Waals surface area contributed by atoms with Crippen LogP contribution in [-0.4, -0.2) is 35.4 Å². The molecule has 0 saturated heterocycles. The molecule has 0 aliphatic rings. The lowest BCUT2D eigenvalue weighted by molar-refractivity contribution is 0.0756. The maximum atomic E-state index is 12.5. The van der Waals surface area contributed by atoms with E-state index in [1.165, 1.54) is 5.56 Å². The molecule has 2 N–H and O–H groups in total. The highest BCUT2D eigenvalue weighted by Crippen LogP contribution is 2.06. The van der Waals surface area contributed by atoms with E-state index in [2.05, 4.69) is 17.1 Å². The van der Waals surface area contributed by atoms with Crippen molar-refractivity contribution in [2.75, 3.05) is 19.6 Å². The van der Waals surface area contributed by atoms with E-state index in [1.807, 2.05) is 37.3 Å². The smallest absolute Gasteiger partial charge is 0.272 e. The highest BCUT2D eigenvalue weighted by Gasteiger charge is 2.16. The monoisotopic (exact) mass is 355 g/mol. The molecule has 1 heterocycles. The maximum Gasteiger partial charge on any atom is 0.272 e. The number of carbonyl (C=O) groups is 1. The van der Waals surface area contributed by atoms with Gasteiger partial charge in [-0.2, -0.15) is 0 Å². The summed E-state index contributed by atoms with van der Waals surface area (Å²) in [5.41, 5.74) is 8.17. The van der Waals surface area contributed by atoms with Crippen LogP contribution in [0.15, 0.2) is 48.5 Å². The van der Waals surface area contributed by atoms with Gasteiger partial charge in [0.15, 0.2) is 0 Å². The van der Waals surface area contributed by atoms with Crippen LogP contribution in [0.3, 0.4) is 0 Å². The predicted molar refractivity (Wildman–Crippen MR) is 98.6 cm³/mol. The molecule has 0 fully saturated rings. The van der Waals surface area contributed by atoms with Crippen molar-refractivity contribution in [3.8, 4) is 0 Å². The third kappa shape index (κ3) is 6.57. The number of aryl methyl sites for hydroxylation is 1. The molecule has 23 heavy (non-hydrogen) atoms. The van der Waals surface area contributed by atoms with Gasteiger partial charge in [0, 0.05) is 25.3 Å². The Morgan fingerprint density at radius 2 is 1.74 bits per heavy atom. The Bertz CT molecular complexity index is 593. The molecule has 1 aromatic heterocycles. The molecular weight excluding hydrogens is 333 g/mol.